The lowest BCUT2D eigenvalue weighted by Gasteiger charge is -2.10. The standard InChI is InChI=1S/C13H16BrN3O2S2/c1-16-21(18,19)12-4-2-9(8-11(12)15)17-7-6-10-3-5-13(14)20-10/h2-5,8,16-17H,6-7,15H2,1H3. The summed E-state index contributed by atoms with van der Waals surface area (Å²) >= 11 is 5.13. The molecule has 0 saturated heterocycles. The van der Waals surface area contributed by atoms with Gasteiger partial charge in [0.1, 0.15) is 4.90 Å². The molecule has 0 atom stereocenters. The number of hydrogen-bond donors (Lipinski definition) is 3. The van der Waals surface area contributed by atoms with Gasteiger partial charge in [-0.05, 0) is 59.7 Å². The lowest BCUT2D eigenvalue weighted by molar-refractivity contribution is 0.588. The van der Waals surface area contributed by atoms with Gasteiger partial charge in [-0.1, -0.05) is 0 Å². The highest BCUT2D eigenvalue weighted by Gasteiger charge is 2.15. The van der Waals surface area contributed by atoms with Crippen LogP contribution in [0.15, 0.2) is 39.0 Å². The van der Waals surface area contributed by atoms with Crippen LogP contribution in [0.2, 0.25) is 0 Å². The minimum absolute atomic E-state index is 0.0951. The SMILES string of the molecule is CNS(=O)(=O)c1ccc(NCCc2ccc(Br)s2)cc1N. The number of anilines is 2. The van der Waals surface area contributed by atoms with Gasteiger partial charge >= 0.3 is 0 Å². The molecule has 5 nitrogen and oxygen atoms in total. The number of hydrogen-bond acceptors (Lipinski definition) is 5. The van der Waals surface area contributed by atoms with E-state index in [9.17, 15) is 8.42 Å². The molecule has 8 heteroatoms. The number of sulfonamides is 1. The van der Waals surface area contributed by atoms with Gasteiger partial charge in [-0.3, -0.25) is 0 Å². The van der Waals surface area contributed by atoms with Gasteiger partial charge in [0.25, 0.3) is 0 Å². The van der Waals surface area contributed by atoms with Crippen LogP contribution in [0.1, 0.15) is 4.88 Å². The smallest absolute Gasteiger partial charge is 0.242 e. The number of halogens is 1. The zero-order valence-corrected chi connectivity index (χ0v) is 14.6. The van der Waals surface area contributed by atoms with E-state index in [1.54, 1.807) is 23.5 Å². The van der Waals surface area contributed by atoms with Crippen LogP contribution in [0.5, 0.6) is 0 Å². The van der Waals surface area contributed by atoms with E-state index in [1.165, 1.54) is 18.0 Å². The van der Waals surface area contributed by atoms with Crippen molar-refractivity contribution < 1.29 is 8.42 Å². The molecule has 0 bridgehead atoms. The van der Waals surface area contributed by atoms with Crippen LogP contribution in [0, 0.1) is 0 Å². The van der Waals surface area contributed by atoms with Gasteiger partial charge in [-0.15, -0.1) is 11.3 Å². The fraction of sp³-hybridized carbons (Fsp3) is 0.231. The number of rotatable bonds is 6. The zero-order valence-electron chi connectivity index (χ0n) is 11.4. The number of benzene rings is 1. The third kappa shape index (κ3) is 4.19. The molecule has 0 fully saturated rings. The molecule has 0 aliphatic heterocycles. The predicted molar refractivity (Wildman–Crippen MR) is 91.3 cm³/mol. The summed E-state index contributed by atoms with van der Waals surface area (Å²) in [7, 11) is -2.15. The molecule has 21 heavy (non-hydrogen) atoms. The normalized spacial score (nSPS) is 11.5. The minimum atomic E-state index is -3.51. The quantitative estimate of drug-likeness (QED) is 0.663. The predicted octanol–water partition coefficient (Wildman–Crippen LogP) is 2.66. The highest BCUT2D eigenvalue weighted by atomic mass is 79.9. The number of nitrogens with two attached hydrogens (primary N) is 1. The van der Waals surface area contributed by atoms with E-state index in [0.29, 0.717) is 0 Å². The Morgan fingerprint density at radius 3 is 2.62 bits per heavy atom. The van der Waals surface area contributed by atoms with Crippen molar-refractivity contribution in [3.8, 4) is 0 Å². The monoisotopic (exact) mass is 389 g/mol. The molecule has 0 aliphatic carbocycles. The second-order valence-electron chi connectivity index (χ2n) is 4.34. The van der Waals surface area contributed by atoms with E-state index < -0.39 is 10.0 Å². The van der Waals surface area contributed by atoms with Crippen LogP contribution < -0.4 is 15.8 Å². The Balaban J connectivity index is 2.00. The highest BCUT2D eigenvalue weighted by molar-refractivity contribution is 9.11. The van der Waals surface area contributed by atoms with Crippen LogP contribution in [0.3, 0.4) is 0 Å². The van der Waals surface area contributed by atoms with Gasteiger partial charge in [-0.25, -0.2) is 13.1 Å². The molecule has 114 valence electrons. The van der Waals surface area contributed by atoms with Crippen molar-refractivity contribution >= 4 is 48.7 Å². The second kappa shape index (κ2) is 6.78. The molecule has 1 aromatic heterocycles. The van der Waals surface area contributed by atoms with Gasteiger partial charge in [0, 0.05) is 17.1 Å². The first-order chi connectivity index (χ1) is 9.92. The van der Waals surface area contributed by atoms with E-state index >= 15 is 0 Å². The summed E-state index contributed by atoms with van der Waals surface area (Å²) in [6.07, 6.45) is 0.896. The average Bonchev–Trinajstić information content (AvgIpc) is 2.84. The molecule has 0 saturated carbocycles. The van der Waals surface area contributed by atoms with E-state index in [4.69, 9.17) is 5.73 Å². The summed E-state index contributed by atoms with van der Waals surface area (Å²) < 4.78 is 26.8. The van der Waals surface area contributed by atoms with Crippen LogP contribution >= 0.6 is 27.3 Å². The third-order valence-electron chi connectivity index (χ3n) is 2.90. The fourth-order valence-electron chi connectivity index (χ4n) is 1.83. The molecule has 0 unspecified atom stereocenters. The van der Waals surface area contributed by atoms with E-state index in [2.05, 4.69) is 32.0 Å². The van der Waals surface area contributed by atoms with Gasteiger partial charge < -0.3 is 11.1 Å². The van der Waals surface area contributed by atoms with Crippen LogP contribution in [0.4, 0.5) is 11.4 Å². The maximum atomic E-state index is 11.7. The first-order valence-electron chi connectivity index (χ1n) is 6.23. The number of nitrogens with one attached hydrogen (secondary N) is 2. The van der Waals surface area contributed by atoms with Crippen molar-refractivity contribution in [3.63, 3.8) is 0 Å². The maximum Gasteiger partial charge on any atom is 0.242 e. The Bertz CT molecular complexity index is 729. The summed E-state index contributed by atoms with van der Waals surface area (Å²) in [5.41, 5.74) is 6.84. The number of nitrogen functional groups attached to an aromatic ring is 1. The molecule has 4 N–H and O–H groups in total. The first-order valence-corrected chi connectivity index (χ1v) is 9.33. The van der Waals surface area contributed by atoms with Crippen LogP contribution in [0.25, 0.3) is 0 Å². The number of thiophene rings is 1. The van der Waals surface area contributed by atoms with E-state index in [0.717, 1.165) is 22.4 Å². The average molecular weight is 390 g/mol. The second-order valence-corrected chi connectivity index (χ2v) is 8.75. The Morgan fingerprint density at radius 1 is 1.29 bits per heavy atom. The molecule has 1 heterocycles. The molecular weight excluding hydrogens is 374 g/mol. The summed E-state index contributed by atoms with van der Waals surface area (Å²) in [6.45, 7) is 0.754. The molecule has 2 aromatic rings. The Labute approximate surface area is 136 Å². The summed E-state index contributed by atoms with van der Waals surface area (Å²) in [4.78, 5) is 1.37. The van der Waals surface area contributed by atoms with Crippen molar-refractivity contribution in [2.75, 3.05) is 24.6 Å². The molecule has 0 amide bonds. The van der Waals surface area contributed by atoms with E-state index in [-0.39, 0.29) is 10.6 Å². The lowest BCUT2D eigenvalue weighted by Crippen LogP contribution is -2.20. The van der Waals surface area contributed by atoms with Crippen LogP contribution in [-0.4, -0.2) is 22.0 Å². The first kappa shape index (κ1) is 16.3. The molecule has 2 rings (SSSR count). The topological polar surface area (TPSA) is 84.2 Å². The van der Waals surface area contributed by atoms with Crippen molar-refractivity contribution in [1.29, 1.82) is 0 Å². The van der Waals surface area contributed by atoms with Gasteiger partial charge in [0.15, 0.2) is 0 Å². The van der Waals surface area contributed by atoms with E-state index in [1.807, 2.05) is 6.07 Å². The molecule has 0 aliphatic rings. The lowest BCUT2D eigenvalue weighted by atomic mass is 10.2. The maximum absolute atomic E-state index is 11.7. The van der Waals surface area contributed by atoms with Gasteiger partial charge in [0.05, 0.1) is 9.47 Å². The minimum Gasteiger partial charge on any atom is -0.398 e. The molecule has 1 aromatic carbocycles. The Kier molecular flexibility index (Phi) is 5.26. The van der Waals surface area contributed by atoms with Crippen molar-refractivity contribution in [2.24, 2.45) is 0 Å². The zero-order chi connectivity index (χ0) is 15.5. The van der Waals surface area contributed by atoms with Crippen LogP contribution in [-0.2, 0) is 16.4 Å². The molecular formula is C13H16BrN3O2S2. The summed E-state index contributed by atoms with van der Waals surface area (Å²) in [5, 5.41) is 3.24. The fourth-order valence-corrected chi connectivity index (χ4v) is 4.15. The van der Waals surface area contributed by atoms with Crippen molar-refractivity contribution in [2.45, 2.75) is 11.3 Å². The van der Waals surface area contributed by atoms with Crippen molar-refractivity contribution in [1.82, 2.24) is 4.72 Å². The summed E-state index contributed by atoms with van der Waals surface area (Å²) in [5.74, 6) is 0. The Morgan fingerprint density at radius 2 is 2.05 bits per heavy atom. The molecule has 0 radical (unpaired) electrons. The Hall–Kier alpha value is -1.09. The highest BCUT2D eigenvalue weighted by Crippen LogP contribution is 2.24. The largest absolute Gasteiger partial charge is 0.398 e. The third-order valence-corrected chi connectivity index (χ3v) is 6.07. The summed E-state index contributed by atoms with van der Waals surface area (Å²) in [6, 6.07) is 8.95. The molecule has 0 spiro atoms. The van der Waals surface area contributed by atoms with Gasteiger partial charge in [0.2, 0.25) is 10.0 Å². The van der Waals surface area contributed by atoms with Gasteiger partial charge in [-0.2, -0.15) is 0 Å². The van der Waals surface area contributed by atoms with Crippen molar-refractivity contribution in [3.05, 3.63) is 39.0 Å².